The molecular weight excluding hydrogens is 227 g/mol. The van der Waals surface area contributed by atoms with E-state index in [4.69, 9.17) is 0 Å². The lowest BCUT2D eigenvalue weighted by atomic mass is 9.91. The van der Waals surface area contributed by atoms with Crippen LogP contribution in [0.3, 0.4) is 0 Å². The van der Waals surface area contributed by atoms with E-state index >= 15 is 0 Å². The van der Waals surface area contributed by atoms with Crippen molar-refractivity contribution in [2.75, 3.05) is 13.1 Å². The summed E-state index contributed by atoms with van der Waals surface area (Å²) in [5.41, 5.74) is 2.44. The molecule has 0 aromatic carbocycles. The van der Waals surface area contributed by atoms with Gasteiger partial charge in [-0.1, -0.05) is 26.8 Å². The summed E-state index contributed by atoms with van der Waals surface area (Å²) in [7, 11) is 0. The Hall–Kier alpha value is -0.960. The number of pyridine rings is 1. The molecule has 100 valence electrons. The average Bonchev–Trinajstić information content (AvgIpc) is 2.32. The predicted octanol–water partition coefficient (Wildman–Crippen LogP) is 3.31. The smallest absolute Gasteiger partial charge is 0.103 e. The molecule has 1 saturated heterocycles. The van der Waals surface area contributed by atoms with E-state index in [0.29, 0.717) is 12.8 Å². The maximum atomic E-state index is 13.0. The largest absolute Gasteiger partial charge is 0.299 e. The Morgan fingerprint density at radius 3 is 2.44 bits per heavy atom. The molecule has 2 nitrogen and oxygen atoms in total. The molecule has 1 aliphatic heterocycles. The molecular formula is C15H23FN2. The highest BCUT2D eigenvalue weighted by Crippen LogP contribution is 2.21. The molecule has 2 rings (SSSR count). The molecule has 0 atom stereocenters. The van der Waals surface area contributed by atoms with Crippen molar-refractivity contribution < 1.29 is 4.39 Å². The minimum Gasteiger partial charge on any atom is -0.299 e. The van der Waals surface area contributed by atoms with Crippen molar-refractivity contribution >= 4 is 0 Å². The Morgan fingerprint density at radius 1 is 1.28 bits per heavy atom. The molecule has 0 N–H and O–H groups in total. The van der Waals surface area contributed by atoms with E-state index < -0.39 is 6.17 Å². The van der Waals surface area contributed by atoms with Crippen molar-refractivity contribution in [2.45, 2.75) is 51.7 Å². The predicted molar refractivity (Wildman–Crippen MR) is 72.3 cm³/mol. The molecule has 0 aliphatic carbocycles. The Morgan fingerprint density at radius 2 is 1.94 bits per heavy atom. The van der Waals surface area contributed by atoms with Crippen LogP contribution in [0.1, 0.15) is 44.9 Å². The highest BCUT2D eigenvalue weighted by atomic mass is 19.1. The first kappa shape index (κ1) is 13.5. The normalized spacial score (nSPS) is 19.1. The number of hydrogen-bond donors (Lipinski definition) is 0. The second-order valence-corrected chi connectivity index (χ2v) is 6.25. The Labute approximate surface area is 109 Å². The fraction of sp³-hybridized carbons (Fsp3) is 0.667. The molecule has 18 heavy (non-hydrogen) atoms. The van der Waals surface area contributed by atoms with Gasteiger partial charge >= 0.3 is 0 Å². The van der Waals surface area contributed by atoms with Crippen molar-refractivity contribution in [1.29, 1.82) is 0 Å². The summed E-state index contributed by atoms with van der Waals surface area (Å²) in [6, 6.07) is 4.26. The monoisotopic (exact) mass is 250 g/mol. The van der Waals surface area contributed by atoms with Gasteiger partial charge in [-0.3, -0.25) is 9.88 Å². The van der Waals surface area contributed by atoms with Crippen LogP contribution in [0.4, 0.5) is 4.39 Å². The standard InChI is InChI=1S/C15H23FN2/c1-15(2,3)14-5-4-12(10-17-14)11-18-8-6-13(16)7-9-18/h4-5,10,13H,6-9,11H2,1-3H3. The van der Waals surface area contributed by atoms with Crippen LogP contribution < -0.4 is 0 Å². The molecule has 1 aliphatic rings. The summed E-state index contributed by atoms with van der Waals surface area (Å²) in [6.45, 7) is 9.12. The van der Waals surface area contributed by atoms with Crippen LogP contribution in [0.15, 0.2) is 18.3 Å². The van der Waals surface area contributed by atoms with E-state index in [1.807, 2.05) is 6.20 Å². The van der Waals surface area contributed by atoms with Crippen molar-refractivity contribution in [3.63, 3.8) is 0 Å². The molecule has 3 heteroatoms. The van der Waals surface area contributed by atoms with Crippen LogP contribution in [-0.4, -0.2) is 29.1 Å². The second kappa shape index (κ2) is 5.35. The molecule has 0 unspecified atom stereocenters. The lowest BCUT2D eigenvalue weighted by Gasteiger charge is -2.28. The second-order valence-electron chi connectivity index (χ2n) is 6.25. The van der Waals surface area contributed by atoms with E-state index in [2.05, 4.69) is 42.8 Å². The van der Waals surface area contributed by atoms with Gasteiger partial charge in [0.15, 0.2) is 0 Å². The van der Waals surface area contributed by atoms with E-state index in [0.717, 1.165) is 25.3 Å². The van der Waals surface area contributed by atoms with E-state index in [9.17, 15) is 4.39 Å². The van der Waals surface area contributed by atoms with Gasteiger partial charge in [-0.15, -0.1) is 0 Å². The number of alkyl halides is 1. The zero-order valence-electron chi connectivity index (χ0n) is 11.6. The number of likely N-dealkylation sites (tertiary alicyclic amines) is 1. The van der Waals surface area contributed by atoms with Gasteiger partial charge in [0.25, 0.3) is 0 Å². The van der Waals surface area contributed by atoms with Gasteiger partial charge in [0.2, 0.25) is 0 Å². The minimum atomic E-state index is -0.595. The minimum absolute atomic E-state index is 0.102. The van der Waals surface area contributed by atoms with Crippen LogP contribution in [0.25, 0.3) is 0 Å². The highest BCUT2D eigenvalue weighted by Gasteiger charge is 2.19. The fourth-order valence-electron chi connectivity index (χ4n) is 2.28. The molecule has 1 fully saturated rings. The molecule has 0 saturated carbocycles. The lowest BCUT2D eigenvalue weighted by molar-refractivity contribution is 0.145. The van der Waals surface area contributed by atoms with Gasteiger partial charge in [-0.25, -0.2) is 4.39 Å². The SMILES string of the molecule is CC(C)(C)c1ccc(CN2CCC(F)CC2)cn1. The first-order valence-electron chi connectivity index (χ1n) is 6.77. The Balaban J connectivity index is 1.94. The first-order chi connectivity index (χ1) is 8.45. The van der Waals surface area contributed by atoms with Crippen molar-refractivity contribution in [1.82, 2.24) is 9.88 Å². The summed E-state index contributed by atoms with van der Waals surface area (Å²) in [4.78, 5) is 6.84. The van der Waals surface area contributed by atoms with E-state index in [1.165, 1.54) is 5.56 Å². The van der Waals surface area contributed by atoms with Gasteiger partial charge < -0.3 is 0 Å². The maximum absolute atomic E-state index is 13.0. The lowest BCUT2D eigenvalue weighted by Crippen LogP contribution is -2.33. The van der Waals surface area contributed by atoms with Gasteiger partial charge in [0.1, 0.15) is 6.17 Å². The van der Waals surface area contributed by atoms with Crippen LogP contribution in [0.5, 0.6) is 0 Å². The number of halogens is 1. The van der Waals surface area contributed by atoms with Gasteiger partial charge in [-0.05, 0) is 24.5 Å². The summed E-state index contributed by atoms with van der Waals surface area (Å²) < 4.78 is 13.0. The molecule has 0 bridgehead atoms. The van der Waals surface area contributed by atoms with Crippen LogP contribution in [0.2, 0.25) is 0 Å². The van der Waals surface area contributed by atoms with Crippen LogP contribution in [-0.2, 0) is 12.0 Å². The third kappa shape index (κ3) is 3.52. The van der Waals surface area contributed by atoms with Gasteiger partial charge in [-0.2, -0.15) is 0 Å². The van der Waals surface area contributed by atoms with E-state index in [1.54, 1.807) is 0 Å². The zero-order valence-corrected chi connectivity index (χ0v) is 11.6. The number of hydrogen-bond acceptors (Lipinski definition) is 2. The topological polar surface area (TPSA) is 16.1 Å². The summed E-state index contributed by atoms with van der Waals surface area (Å²) in [6.07, 6.45) is 2.71. The molecule has 1 aromatic rings. The van der Waals surface area contributed by atoms with Gasteiger partial charge in [0, 0.05) is 36.9 Å². The molecule has 0 amide bonds. The third-order valence-electron chi connectivity index (χ3n) is 3.52. The molecule has 0 radical (unpaired) electrons. The zero-order chi connectivity index (χ0) is 13.2. The highest BCUT2D eigenvalue weighted by molar-refractivity contribution is 5.19. The molecule has 0 spiro atoms. The van der Waals surface area contributed by atoms with Gasteiger partial charge in [0.05, 0.1) is 0 Å². The Kier molecular flexibility index (Phi) is 4.00. The summed E-state index contributed by atoms with van der Waals surface area (Å²) >= 11 is 0. The first-order valence-corrected chi connectivity index (χ1v) is 6.77. The fourth-order valence-corrected chi connectivity index (χ4v) is 2.28. The van der Waals surface area contributed by atoms with Crippen molar-refractivity contribution in [3.8, 4) is 0 Å². The summed E-state index contributed by atoms with van der Waals surface area (Å²) in [5.74, 6) is 0. The quantitative estimate of drug-likeness (QED) is 0.800. The number of nitrogens with zero attached hydrogens (tertiary/aromatic N) is 2. The van der Waals surface area contributed by atoms with Crippen molar-refractivity contribution in [3.05, 3.63) is 29.6 Å². The maximum Gasteiger partial charge on any atom is 0.103 e. The van der Waals surface area contributed by atoms with Crippen LogP contribution >= 0.6 is 0 Å². The number of piperidine rings is 1. The average molecular weight is 250 g/mol. The third-order valence-corrected chi connectivity index (χ3v) is 3.52. The summed E-state index contributed by atoms with van der Waals surface area (Å²) in [5, 5.41) is 0. The number of rotatable bonds is 2. The molecule has 1 aromatic heterocycles. The van der Waals surface area contributed by atoms with Crippen molar-refractivity contribution in [2.24, 2.45) is 0 Å². The number of aromatic nitrogens is 1. The molecule has 2 heterocycles. The van der Waals surface area contributed by atoms with Crippen LogP contribution in [0, 0.1) is 0 Å². The Bertz CT molecular complexity index is 372. The van der Waals surface area contributed by atoms with E-state index in [-0.39, 0.29) is 5.41 Å².